The van der Waals surface area contributed by atoms with Crippen LogP contribution in [0, 0.1) is 0 Å². The maximum atomic E-state index is 12.3. The number of aliphatic hydroxyl groups is 2. The first-order valence-corrected chi connectivity index (χ1v) is 7.26. The fourth-order valence-electron chi connectivity index (χ4n) is 1.94. The lowest BCUT2D eigenvalue weighted by Crippen LogP contribution is -2.31. The number of benzene rings is 1. The first-order valence-electron chi connectivity index (χ1n) is 5.82. The number of sulfonamides is 1. The van der Waals surface area contributed by atoms with Crippen molar-refractivity contribution in [1.82, 2.24) is 4.31 Å². The number of para-hydroxylation sites is 1. The zero-order chi connectivity index (χ0) is 15.8. The molecule has 1 fully saturated rings. The molecule has 0 aliphatic carbocycles. The molecule has 6 nitrogen and oxygen atoms in total. The third-order valence-electron chi connectivity index (χ3n) is 2.92. The van der Waals surface area contributed by atoms with Gasteiger partial charge in [-0.15, -0.1) is 13.2 Å². The van der Waals surface area contributed by atoms with E-state index in [9.17, 15) is 31.8 Å². The number of rotatable bonds is 3. The number of alkyl halides is 3. The Morgan fingerprint density at radius 3 is 2.19 bits per heavy atom. The van der Waals surface area contributed by atoms with Gasteiger partial charge in [-0.1, -0.05) is 12.1 Å². The van der Waals surface area contributed by atoms with Crippen LogP contribution in [-0.4, -0.2) is 54.6 Å². The summed E-state index contributed by atoms with van der Waals surface area (Å²) in [6, 6.07) is 4.30. The van der Waals surface area contributed by atoms with Crippen LogP contribution in [0.3, 0.4) is 0 Å². The Morgan fingerprint density at radius 1 is 1.14 bits per heavy atom. The van der Waals surface area contributed by atoms with E-state index in [1.54, 1.807) is 0 Å². The molecule has 118 valence electrons. The molecule has 0 unspecified atom stereocenters. The highest BCUT2D eigenvalue weighted by atomic mass is 32.2. The first-order chi connectivity index (χ1) is 9.61. The smallest absolute Gasteiger partial charge is 0.404 e. The third-order valence-corrected chi connectivity index (χ3v) is 4.79. The second kappa shape index (κ2) is 5.44. The highest BCUT2D eigenvalue weighted by molar-refractivity contribution is 7.89. The molecule has 21 heavy (non-hydrogen) atoms. The maximum absolute atomic E-state index is 12.3. The van der Waals surface area contributed by atoms with E-state index >= 15 is 0 Å². The number of halogens is 3. The van der Waals surface area contributed by atoms with Crippen molar-refractivity contribution in [3.05, 3.63) is 24.3 Å². The molecule has 1 saturated heterocycles. The highest BCUT2D eigenvalue weighted by Gasteiger charge is 2.40. The Bertz CT molecular complexity index is 609. The largest absolute Gasteiger partial charge is 0.573 e. The molecule has 1 aliphatic rings. The van der Waals surface area contributed by atoms with Gasteiger partial charge in [0.15, 0.2) is 0 Å². The monoisotopic (exact) mass is 327 g/mol. The van der Waals surface area contributed by atoms with E-state index < -0.39 is 52.3 Å². The minimum atomic E-state index is -5.03. The Balaban J connectivity index is 2.37. The number of hydrogen-bond acceptors (Lipinski definition) is 5. The fourth-order valence-corrected chi connectivity index (χ4v) is 3.53. The molecule has 0 radical (unpaired) electrons. The van der Waals surface area contributed by atoms with Crippen molar-refractivity contribution in [1.29, 1.82) is 0 Å². The normalized spacial score (nSPS) is 24.2. The van der Waals surface area contributed by atoms with Crippen molar-refractivity contribution in [2.45, 2.75) is 23.5 Å². The molecule has 0 amide bonds. The quantitative estimate of drug-likeness (QED) is 0.834. The Morgan fingerprint density at radius 2 is 1.67 bits per heavy atom. The summed E-state index contributed by atoms with van der Waals surface area (Å²) >= 11 is 0. The van der Waals surface area contributed by atoms with Gasteiger partial charge in [-0.2, -0.15) is 4.31 Å². The molecule has 0 bridgehead atoms. The van der Waals surface area contributed by atoms with Crippen molar-refractivity contribution in [3.63, 3.8) is 0 Å². The average Bonchev–Trinajstić information content (AvgIpc) is 2.69. The van der Waals surface area contributed by atoms with Gasteiger partial charge < -0.3 is 14.9 Å². The summed E-state index contributed by atoms with van der Waals surface area (Å²) in [7, 11) is -4.32. The van der Waals surface area contributed by atoms with Crippen molar-refractivity contribution in [3.8, 4) is 5.75 Å². The van der Waals surface area contributed by atoms with Crippen LogP contribution in [0.25, 0.3) is 0 Å². The molecule has 0 aromatic heterocycles. The second-order valence-electron chi connectivity index (χ2n) is 4.45. The SMILES string of the molecule is O=S(=O)(c1ccccc1OC(F)(F)F)N1C[C@@H](O)[C@@H](O)C1. The molecule has 2 rings (SSSR count). The Hall–Kier alpha value is -1.36. The lowest BCUT2D eigenvalue weighted by Gasteiger charge is -2.18. The summed E-state index contributed by atoms with van der Waals surface area (Å²) in [4.78, 5) is -0.677. The van der Waals surface area contributed by atoms with Crippen LogP contribution in [0.15, 0.2) is 29.2 Å². The van der Waals surface area contributed by atoms with Gasteiger partial charge in [-0.25, -0.2) is 8.42 Å². The molecule has 10 heteroatoms. The fraction of sp³-hybridized carbons (Fsp3) is 0.455. The molecule has 0 saturated carbocycles. The third kappa shape index (κ3) is 3.46. The highest BCUT2D eigenvalue weighted by Crippen LogP contribution is 2.32. The van der Waals surface area contributed by atoms with Gasteiger partial charge in [0.1, 0.15) is 10.6 Å². The predicted molar refractivity (Wildman–Crippen MR) is 63.9 cm³/mol. The van der Waals surface area contributed by atoms with Gasteiger partial charge in [0, 0.05) is 13.1 Å². The zero-order valence-corrected chi connectivity index (χ0v) is 11.3. The Kier molecular flexibility index (Phi) is 4.15. The van der Waals surface area contributed by atoms with E-state index in [0.29, 0.717) is 4.31 Å². The van der Waals surface area contributed by atoms with Gasteiger partial charge >= 0.3 is 6.36 Å². The molecule has 1 aromatic rings. The van der Waals surface area contributed by atoms with Crippen LogP contribution in [0.4, 0.5) is 13.2 Å². The summed E-state index contributed by atoms with van der Waals surface area (Å²) in [5.74, 6) is -0.860. The number of ether oxygens (including phenoxy) is 1. The van der Waals surface area contributed by atoms with Crippen molar-refractivity contribution in [2.24, 2.45) is 0 Å². The van der Waals surface area contributed by atoms with Crippen LogP contribution in [-0.2, 0) is 10.0 Å². The van der Waals surface area contributed by atoms with Crippen LogP contribution in [0.1, 0.15) is 0 Å². The van der Waals surface area contributed by atoms with Gasteiger partial charge in [0.05, 0.1) is 12.2 Å². The van der Waals surface area contributed by atoms with Crippen LogP contribution in [0.2, 0.25) is 0 Å². The molecule has 1 heterocycles. The van der Waals surface area contributed by atoms with Crippen molar-refractivity contribution >= 4 is 10.0 Å². The van der Waals surface area contributed by atoms with Crippen molar-refractivity contribution in [2.75, 3.05) is 13.1 Å². The first kappa shape index (κ1) is 16.0. The molecule has 0 spiro atoms. The predicted octanol–water partition coefficient (Wildman–Crippen LogP) is 0.311. The molecular weight excluding hydrogens is 315 g/mol. The van der Waals surface area contributed by atoms with Crippen LogP contribution >= 0.6 is 0 Å². The molecule has 2 N–H and O–H groups in total. The Labute approximate surface area is 118 Å². The van der Waals surface area contributed by atoms with E-state index in [1.807, 2.05) is 0 Å². The maximum Gasteiger partial charge on any atom is 0.573 e. The lowest BCUT2D eigenvalue weighted by molar-refractivity contribution is -0.275. The average molecular weight is 327 g/mol. The molecule has 1 aromatic carbocycles. The minimum absolute atomic E-state index is 0.399. The number of aliphatic hydroxyl groups excluding tert-OH is 2. The van der Waals surface area contributed by atoms with E-state index in [1.165, 1.54) is 12.1 Å². The minimum Gasteiger partial charge on any atom is -0.404 e. The summed E-state index contributed by atoms with van der Waals surface area (Å²) in [6.07, 6.45) is -7.60. The lowest BCUT2D eigenvalue weighted by atomic mass is 10.3. The van der Waals surface area contributed by atoms with Gasteiger partial charge in [-0.3, -0.25) is 0 Å². The van der Waals surface area contributed by atoms with Gasteiger partial charge in [0.2, 0.25) is 10.0 Å². The summed E-state index contributed by atoms with van der Waals surface area (Å²) in [5, 5.41) is 18.7. The molecule has 1 aliphatic heterocycles. The van der Waals surface area contributed by atoms with E-state index in [-0.39, 0.29) is 0 Å². The van der Waals surface area contributed by atoms with Gasteiger partial charge in [-0.05, 0) is 12.1 Å². The second-order valence-corrected chi connectivity index (χ2v) is 6.36. The topological polar surface area (TPSA) is 87.1 Å². The number of β-amino-alcohol motifs (C(OH)–C–C–N with tert-alkyl or cyclic N) is 2. The van der Waals surface area contributed by atoms with Crippen LogP contribution < -0.4 is 4.74 Å². The van der Waals surface area contributed by atoms with E-state index in [4.69, 9.17) is 0 Å². The number of hydrogen-bond donors (Lipinski definition) is 2. The van der Waals surface area contributed by atoms with Gasteiger partial charge in [0.25, 0.3) is 0 Å². The summed E-state index contributed by atoms with van der Waals surface area (Å²) < 4.78 is 65.9. The molecular formula is C11H12F3NO5S. The van der Waals surface area contributed by atoms with Crippen LogP contribution in [0.5, 0.6) is 5.75 Å². The van der Waals surface area contributed by atoms with E-state index in [2.05, 4.69) is 4.74 Å². The summed E-state index contributed by atoms with van der Waals surface area (Å²) in [6.45, 7) is -0.798. The zero-order valence-electron chi connectivity index (χ0n) is 10.5. The number of nitrogens with zero attached hydrogens (tertiary/aromatic N) is 1. The standard InChI is InChI=1S/C11H12F3NO5S/c12-11(13,14)20-9-3-1-2-4-10(9)21(18,19)15-5-7(16)8(17)6-15/h1-4,7-8,16-17H,5-6H2/t7-,8+. The van der Waals surface area contributed by atoms with Crippen molar-refractivity contribution < 1.29 is 36.5 Å². The van der Waals surface area contributed by atoms with E-state index in [0.717, 1.165) is 12.1 Å². The summed E-state index contributed by atoms with van der Waals surface area (Å²) in [5.41, 5.74) is 0. The molecule has 2 atom stereocenters.